The van der Waals surface area contributed by atoms with Gasteiger partial charge in [-0.1, -0.05) is 23.2 Å². The third-order valence-electron chi connectivity index (χ3n) is 4.57. The highest BCUT2D eigenvalue weighted by atomic mass is 35.5. The standard InChI is InChI=1S/C16H23Cl2N3O/c1-12-10-21(6-7-22-12)14-2-4-20(5-3-14)11-13-8-15(17)19-16(18)9-13/h8-9,12,14H,2-7,10-11H2,1H3/t12-/m0/s1. The molecular formula is C16H23Cl2N3O. The van der Waals surface area contributed by atoms with Crippen LogP contribution in [0.5, 0.6) is 0 Å². The van der Waals surface area contributed by atoms with Crippen molar-refractivity contribution in [1.29, 1.82) is 0 Å². The fraction of sp³-hybridized carbons (Fsp3) is 0.688. The van der Waals surface area contributed by atoms with E-state index in [1.54, 1.807) is 0 Å². The Balaban J connectivity index is 1.51. The van der Waals surface area contributed by atoms with Crippen LogP contribution in [0.15, 0.2) is 12.1 Å². The van der Waals surface area contributed by atoms with Gasteiger partial charge in [-0.25, -0.2) is 4.98 Å². The Morgan fingerprint density at radius 2 is 1.86 bits per heavy atom. The van der Waals surface area contributed by atoms with E-state index in [2.05, 4.69) is 21.7 Å². The van der Waals surface area contributed by atoms with Gasteiger partial charge in [0.25, 0.3) is 0 Å². The summed E-state index contributed by atoms with van der Waals surface area (Å²) in [5, 5.41) is 0.944. The first kappa shape index (κ1) is 16.5. The molecule has 122 valence electrons. The van der Waals surface area contributed by atoms with Crippen molar-refractivity contribution < 1.29 is 4.74 Å². The molecule has 2 aliphatic rings. The van der Waals surface area contributed by atoms with E-state index in [0.29, 0.717) is 22.5 Å². The first-order valence-corrected chi connectivity index (χ1v) is 8.76. The zero-order valence-corrected chi connectivity index (χ0v) is 14.5. The van der Waals surface area contributed by atoms with Crippen molar-refractivity contribution in [2.75, 3.05) is 32.8 Å². The molecule has 0 amide bonds. The molecule has 1 aromatic rings. The highest BCUT2D eigenvalue weighted by Gasteiger charge is 2.27. The van der Waals surface area contributed by atoms with Gasteiger partial charge in [-0.3, -0.25) is 9.80 Å². The molecule has 0 spiro atoms. The summed E-state index contributed by atoms with van der Waals surface area (Å²) in [5.41, 5.74) is 1.14. The summed E-state index contributed by atoms with van der Waals surface area (Å²) in [7, 11) is 0. The van der Waals surface area contributed by atoms with Crippen molar-refractivity contribution in [3.05, 3.63) is 28.0 Å². The number of nitrogens with zero attached hydrogens (tertiary/aromatic N) is 3. The second kappa shape index (κ2) is 7.45. The molecule has 1 aromatic heterocycles. The Hall–Kier alpha value is -0.390. The summed E-state index contributed by atoms with van der Waals surface area (Å²) in [6.45, 7) is 8.31. The van der Waals surface area contributed by atoms with Gasteiger partial charge >= 0.3 is 0 Å². The van der Waals surface area contributed by atoms with Crippen LogP contribution in [0.3, 0.4) is 0 Å². The predicted molar refractivity (Wildman–Crippen MR) is 89.5 cm³/mol. The van der Waals surface area contributed by atoms with E-state index < -0.39 is 0 Å². The highest BCUT2D eigenvalue weighted by molar-refractivity contribution is 6.32. The molecule has 3 heterocycles. The molecule has 6 heteroatoms. The lowest BCUT2D eigenvalue weighted by Gasteiger charge is -2.41. The van der Waals surface area contributed by atoms with Gasteiger partial charge in [0, 0.05) is 25.7 Å². The molecular weight excluding hydrogens is 321 g/mol. The van der Waals surface area contributed by atoms with Crippen LogP contribution in [0, 0.1) is 0 Å². The van der Waals surface area contributed by atoms with Gasteiger partial charge < -0.3 is 4.74 Å². The van der Waals surface area contributed by atoms with Crippen LogP contribution in [0.25, 0.3) is 0 Å². The van der Waals surface area contributed by atoms with Crippen molar-refractivity contribution in [2.24, 2.45) is 0 Å². The van der Waals surface area contributed by atoms with Crippen LogP contribution in [0.2, 0.25) is 10.3 Å². The number of rotatable bonds is 3. The summed E-state index contributed by atoms with van der Waals surface area (Å²) < 4.78 is 5.64. The fourth-order valence-electron chi connectivity index (χ4n) is 3.48. The van der Waals surface area contributed by atoms with Gasteiger partial charge in [-0.05, 0) is 50.6 Å². The number of piperidine rings is 1. The van der Waals surface area contributed by atoms with Crippen LogP contribution in [0.1, 0.15) is 25.3 Å². The Bertz CT molecular complexity index is 486. The van der Waals surface area contributed by atoms with Crippen LogP contribution in [0.4, 0.5) is 0 Å². The number of pyridine rings is 1. The monoisotopic (exact) mass is 343 g/mol. The summed E-state index contributed by atoms with van der Waals surface area (Å²) in [4.78, 5) is 9.08. The molecule has 3 rings (SSSR count). The number of aromatic nitrogens is 1. The SMILES string of the molecule is C[C@H]1CN(C2CCN(Cc3cc(Cl)nc(Cl)c3)CC2)CCO1. The van der Waals surface area contributed by atoms with Gasteiger partial charge in [0.1, 0.15) is 10.3 Å². The van der Waals surface area contributed by atoms with E-state index in [0.717, 1.165) is 44.9 Å². The first-order valence-electron chi connectivity index (χ1n) is 8.00. The van der Waals surface area contributed by atoms with E-state index in [-0.39, 0.29) is 0 Å². The number of halogens is 2. The minimum absolute atomic E-state index is 0.368. The molecule has 2 saturated heterocycles. The normalized spacial score (nSPS) is 25.5. The average molecular weight is 344 g/mol. The van der Waals surface area contributed by atoms with Crippen LogP contribution < -0.4 is 0 Å². The van der Waals surface area contributed by atoms with Gasteiger partial charge in [-0.15, -0.1) is 0 Å². The Morgan fingerprint density at radius 3 is 2.50 bits per heavy atom. The second-order valence-corrected chi connectivity index (χ2v) is 7.08. The lowest BCUT2D eigenvalue weighted by molar-refractivity contribution is -0.0437. The van der Waals surface area contributed by atoms with Crippen molar-refractivity contribution >= 4 is 23.2 Å². The Morgan fingerprint density at radius 1 is 1.18 bits per heavy atom. The summed E-state index contributed by atoms with van der Waals surface area (Å²) >= 11 is 11.9. The third kappa shape index (κ3) is 4.33. The average Bonchev–Trinajstić information content (AvgIpc) is 2.47. The molecule has 2 aliphatic heterocycles. The van der Waals surface area contributed by atoms with Gasteiger partial charge in [0.2, 0.25) is 0 Å². The molecule has 0 aromatic carbocycles. The number of ether oxygens (including phenoxy) is 1. The fourth-order valence-corrected chi connectivity index (χ4v) is 3.99. The zero-order chi connectivity index (χ0) is 15.5. The highest BCUT2D eigenvalue weighted by Crippen LogP contribution is 2.22. The van der Waals surface area contributed by atoms with Crippen molar-refractivity contribution in [1.82, 2.24) is 14.8 Å². The molecule has 1 atom stereocenters. The molecule has 22 heavy (non-hydrogen) atoms. The largest absolute Gasteiger partial charge is 0.376 e. The van der Waals surface area contributed by atoms with Gasteiger partial charge in [-0.2, -0.15) is 0 Å². The molecule has 0 aliphatic carbocycles. The van der Waals surface area contributed by atoms with E-state index in [4.69, 9.17) is 27.9 Å². The van der Waals surface area contributed by atoms with Crippen molar-refractivity contribution in [3.8, 4) is 0 Å². The molecule has 0 saturated carbocycles. The maximum atomic E-state index is 5.97. The Labute approximate surface area is 142 Å². The second-order valence-electron chi connectivity index (χ2n) is 6.30. The third-order valence-corrected chi connectivity index (χ3v) is 4.96. The van der Waals surface area contributed by atoms with E-state index in [9.17, 15) is 0 Å². The number of hydrogen-bond donors (Lipinski definition) is 0. The van der Waals surface area contributed by atoms with Crippen LogP contribution >= 0.6 is 23.2 Å². The van der Waals surface area contributed by atoms with E-state index >= 15 is 0 Å². The lowest BCUT2D eigenvalue weighted by atomic mass is 10.0. The topological polar surface area (TPSA) is 28.6 Å². The van der Waals surface area contributed by atoms with Crippen molar-refractivity contribution in [2.45, 2.75) is 38.5 Å². The van der Waals surface area contributed by atoms with Crippen LogP contribution in [-0.2, 0) is 11.3 Å². The minimum Gasteiger partial charge on any atom is -0.376 e. The van der Waals surface area contributed by atoms with E-state index in [1.165, 1.54) is 12.8 Å². The summed E-state index contributed by atoms with van der Waals surface area (Å²) in [5.74, 6) is 0. The Kier molecular flexibility index (Phi) is 5.58. The number of hydrogen-bond acceptors (Lipinski definition) is 4. The minimum atomic E-state index is 0.368. The predicted octanol–water partition coefficient (Wildman–Crippen LogP) is 3.07. The molecule has 4 nitrogen and oxygen atoms in total. The quantitative estimate of drug-likeness (QED) is 0.788. The van der Waals surface area contributed by atoms with E-state index in [1.807, 2.05) is 12.1 Å². The molecule has 0 N–H and O–H groups in total. The number of morpholine rings is 1. The first-order chi connectivity index (χ1) is 10.6. The summed E-state index contributed by atoms with van der Waals surface area (Å²) in [6.07, 6.45) is 2.81. The van der Waals surface area contributed by atoms with Crippen LogP contribution in [-0.4, -0.2) is 59.7 Å². The summed E-state index contributed by atoms with van der Waals surface area (Å²) in [6, 6.07) is 4.51. The maximum Gasteiger partial charge on any atom is 0.131 e. The maximum absolute atomic E-state index is 5.97. The smallest absolute Gasteiger partial charge is 0.131 e. The zero-order valence-electron chi connectivity index (χ0n) is 13.0. The lowest BCUT2D eigenvalue weighted by Crippen LogP contribution is -2.50. The molecule has 0 unspecified atom stereocenters. The van der Waals surface area contributed by atoms with Gasteiger partial charge in [0.05, 0.1) is 12.7 Å². The molecule has 0 radical (unpaired) electrons. The van der Waals surface area contributed by atoms with Gasteiger partial charge in [0.15, 0.2) is 0 Å². The molecule has 2 fully saturated rings. The number of likely N-dealkylation sites (tertiary alicyclic amines) is 1. The van der Waals surface area contributed by atoms with Crippen molar-refractivity contribution in [3.63, 3.8) is 0 Å². The molecule has 0 bridgehead atoms.